The van der Waals surface area contributed by atoms with Crippen molar-refractivity contribution in [2.24, 2.45) is 17.3 Å². The number of halogens is 1. The zero-order chi connectivity index (χ0) is 15.5. The maximum absolute atomic E-state index is 13.4. The van der Waals surface area contributed by atoms with Gasteiger partial charge in [0.25, 0.3) is 0 Å². The Morgan fingerprint density at radius 1 is 1.38 bits per heavy atom. The minimum atomic E-state index is -0.708. The van der Waals surface area contributed by atoms with E-state index in [1.807, 2.05) is 0 Å². The maximum atomic E-state index is 13.4. The third-order valence-electron chi connectivity index (χ3n) is 5.52. The number of nitrogens with zero attached hydrogens (tertiary/aromatic N) is 2. The first-order chi connectivity index (χ1) is 9.99. The fraction of sp³-hybridized carbons (Fsp3) is 0.944. The topological polar surface area (TPSA) is 27.0 Å². The molecule has 0 aromatic rings. The van der Waals surface area contributed by atoms with Crippen LogP contribution in [0.1, 0.15) is 65.2 Å². The van der Waals surface area contributed by atoms with E-state index in [9.17, 15) is 9.65 Å². The number of nitriles is 1. The van der Waals surface area contributed by atoms with E-state index in [0.29, 0.717) is 24.3 Å². The molecule has 2 fully saturated rings. The molecule has 2 aliphatic carbocycles. The van der Waals surface area contributed by atoms with Gasteiger partial charge in [-0.25, -0.2) is 4.39 Å². The molecule has 2 aliphatic rings. The Balaban J connectivity index is 1.88. The first-order valence-corrected chi connectivity index (χ1v) is 8.75. The largest absolute Gasteiger partial charge is 0.303 e. The van der Waals surface area contributed by atoms with Gasteiger partial charge in [-0.1, -0.05) is 13.3 Å². The lowest BCUT2D eigenvalue weighted by atomic mass is 9.82. The highest BCUT2D eigenvalue weighted by atomic mass is 19.1. The van der Waals surface area contributed by atoms with Crippen molar-refractivity contribution >= 4 is 0 Å². The third kappa shape index (κ3) is 4.42. The summed E-state index contributed by atoms with van der Waals surface area (Å²) in [5, 5.41) is 9.51. The number of hydrogen-bond donors (Lipinski definition) is 0. The van der Waals surface area contributed by atoms with Gasteiger partial charge in [0.1, 0.15) is 0 Å². The van der Waals surface area contributed by atoms with Gasteiger partial charge >= 0.3 is 0 Å². The Morgan fingerprint density at radius 2 is 2.10 bits per heavy atom. The van der Waals surface area contributed by atoms with Crippen LogP contribution in [0.2, 0.25) is 0 Å². The summed E-state index contributed by atoms with van der Waals surface area (Å²) in [4.78, 5) is 2.40. The van der Waals surface area contributed by atoms with Crippen LogP contribution in [0.15, 0.2) is 0 Å². The number of alkyl halides is 1. The van der Waals surface area contributed by atoms with Crippen LogP contribution < -0.4 is 0 Å². The third-order valence-corrected chi connectivity index (χ3v) is 5.52. The van der Waals surface area contributed by atoms with E-state index in [1.165, 1.54) is 19.3 Å². The van der Waals surface area contributed by atoms with Gasteiger partial charge in [-0.05, 0) is 70.8 Å². The SMILES string of the molecule is CCCC1(C#N)CCC(CN(C)C(CC(C)F)C2CC2)C1. The van der Waals surface area contributed by atoms with Gasteiger partial charge in [-0.3, -0.25) is 0 Å². The molecule has 21 heavy (non-hydrogen) atoms. The zero-order valence-electron chi connectivity index (χ0n) is 13.9. The summed E-state index contributed by atoms with van der Waals surface area (Å²) in [6.45, 7) is 4.89. The summed E-state index contributed by atoms with van der Waals surface area (Å²) in [6.07, 6.45) is 7.91. The highest BCUT2D eigenvalue weighted by Crippen LogP contribution is 2.45. The highest BCUT2D eigenvalue weighted by molar-refractivity contribution is 5.04. The molecule has 0 radical (unpaired) electrons. The number of rotatable bonds is 8. The summed E-state index contributed by atoms with van der Waals surface area (Å²) >= 11 is 0. The van der Waals surface area contributed by atoms with Crippen LogP contribution in [0.4, 0.5) is 4.39 Å². The van der Waals surface area contributed by atoms with Crippen molar-refractivity contribution in [3.63, 3.8) is 0 Å². The van der Waals surface area contributed by atoms with Crippen molar-refractivity contribution in [2.45, 2.75) is 77.4 Å². The molecule has 2 saturated carbocycles. The predicted molar refractivity (Wildman–Crippen MR) is 84.6 cm³/mol. The Bertz CT molecular complexity index is 372. The van der Waals surface area contributed by atoms with Gasteiger partial charge in [-0.2, -0.15) is 5.26 Å². The number of hydrogen-bond acceptors (Lipinski definition) is 2. The lowest BCUT2D eigenvalue weighted by Crippen LogP contribution is -2.38. The second-order valence-electron chi connectivity index (χ2n) is 7.61. The average Bonchev–Trinajstić information content (AvgIpc) is 3.20. The Labute approximate surface area is 129 Å². The monoisotopic (exact) mass is 294 g/mol. The van der Waals surface area contributed by atoms with E-state index < -0.39 is 6.17 Å². The lowest BCUT2D eigenvalue weighted by molar-refractivity contribution is 0.146. The van der Waals surface area contributed by atoms with Crippen molar-refractivity contribution in [3.8, 4) is 6.07 Å². The van der Waals surface area contributed by atoms with Crippen LogP contribution in [-0.2, 0) is 0 Å². The van der Waals surface area contributed by atoms with E-state index in [0.717, 1.165) is 32.2 Å². The standard InChI is InChI=1S/C18H31FN2/c1-4-8-18(13-20)9-7-15(11-18)12-21(3)17(10-14(2)19)16-5-6-16/h14-17H,4-12H2,1-3H3. The van der Waals surface area contributed by atoms with Crippen molar-refractivity contribution < 1.29 is 4.39 Å². The van der Waals surface area contributed by atoms with Crippen molar-refractivity contribution in [3.05, 3.63) is 0 Å². The van der Waals surface area contributed by atoms with Crippen LogP contribution in [0.5, 0.6) is 0 Å². The molecule has 3 heteroatoms. The first kappa shape index (κ1) is 16.7. The maximum Gasteiger partial charge on any atom is 0.0988 e. The van der Waals surface area contributed by atoms with E-state index >= 15 is 0 Å². The van der Waals surface area contributed by atoms with Crippen LogP contribution in [0.25, 0.3) is 0 Å². The van der Waals surface area contributed by atoms with Gasteiger partial charge in [-0.15, -0.1) is 0 Å². The molecule has 4 unspecified atom stereocenters. The Morgan fingerprint density at radius 3 is 2.62 bits per heavy atom. The molecule has 0 bridgehead atoms. The molecule has 0 aliphatic heterocycles. The normalized spacial score (nSPS) is 32.1. The summed E-state index contributed by atoms with van der Waals surface area (Å²) in [7, 11) is 2.16. The van der Waals surface area contributed by atoms with E-state index in [4.69, 9.17) is 0 Å². The van der Waals surface area contributed by atoms with Crippen molar-refractivity contribution in [2.75, 3.05) is 13.6 Å². The van der Waals surface area contributed by atoms with Crippen molar-refractivity contribution in [1.29, 1.82) is 5.26 Å². The molecule has 2 nitrogen and oxygen atoms in total. The minimum Gasteiger partial charge on any atom is -0.303 e. The average molecular weight is 294 g/mol. The molecule has 2 rings (SSSR count). The van der Waals surface area contributed by atoms with E-state index in [-0.39, 0.29) is 5.41 Å². The molecule has 0 aromatic heterocycles. The molecule has 0 amide bonds. The van der Waals surface area contributed by atoms with Gasteiger partial charge in [0.05, 0.1) is 17.7 Å². The summed E-state index contributed by atoms with van der Waals surface area (Å²) in [6, 6.07) is 3.01. The van der Waals surface area contributed by atoms with Crippen LogP contribution in [0.3, 0.4) is 0 Å². The van der Waals surface area contributed by atoms with E-state index in [2.05, 4.69) is 24.9 Å². The second-order valence-corrected chi connectivity index (χ2v) is 7.61. The molecule has 0 heterocycles. The predicted octanol–water partition coefficient (Wildman–Crippen LogP) is 4.56. The molecule has 0 aromatic carbocycles. The smallest absolute Gasteiger partial charge is 0.0988 e. The lowest BCUT2D eigenvalue weighted by Gasteiger charge is -2.31. The Hall–Kier alpha value is -0.620. The molecule has 4 atom stereocenters. The fourth-order valence-corrected chi connectivity index (χ4v) is 4.34. The van der Waals surface area contributed by atoms with E-state index in [1.54, 1.807) is 6.92 Å². The first-order valence-electron chi connectivity index (χ1n) is 8.75. The molecule has 120 valence electrons. The molecular formula is C18H31FN2. The summed E-state index contributed by atoms with van der Waals surface area (Å²) in [5.41, 5.74) is -0.0668. The molecule has 0 N–H and O–H groups in total. The highest BCUT2D eigenvalue weighted by Gasteiger charge is 2.41. The Kier molecular flexibility index (Phi) is 5.66. The summed E-state index contributed by atoms with van der Waals surface area (Å²) in [5.74, 6) is 1.34. The zero-order valence-corrected chi connectivity index (χ0v) is 13.9. The van der Waals surface area contributed by atoms with Crippen LogP contribution >= 0.6 is 0 Å². The van der Waals surface area contributed by atoms with Crippen LogP contribution in [0, 0.1) is 28.6 Å². The second kappa shape index (κ2) is 7.09. The molecular weight excluding hydrogens is 263 g/mol. The fourth-order valence-electron chi connectivity index (χ4n) is 4.34. The minimum absolute atomic E-state index is 0.0668. The quantitative estimate of drug-likeness (QED) is 0.656. The van der Waals surface area contributed by atoms with Crippen LogP contribution in [-0.4, -0.2) is 30.7 Å². The van der Waals surface area contributed by atoms with Gasteiger partial charge < -0.3 is 4.90 Å². The summed E-state index contributed by atoms with van der Waals surface area (Å²) < 4.78 is 13.4. The molecule has 0 spiro atoms. The van der Waals surface area contributed by atoms with Crippen molar-refractivity contribution in [1.82, 2.24) is 4.90 Å². The van der Waals surface area contributed by atoms with Gasteiger partial charge in [0.2, 0.25) is 0 Å². The van der Waals surface area contributed by atoms with Gasteiger partial charge in [0, 0.05) is 12.6 Å². The van der Waals surface area contributed by atoms with Gasteiger partial charge in [0.15, 0.2) is 0 Å². The molecule has 0 saturated heterocycles.